The number of primary sulfonamides is 1. The monoisotopic (exact) mass is 314 g/mol. The van der Waals surface area contributed by atoms with Crippen LogP contribution in [0.3, 0.4) is 0 Å². The molecule has 0 saturated heterocycles. The molecule has 0 saturated carbocycles. The summed E-state index contributed by atoms with van der Waals surface area (Å²) in [5, 5.41) is 7.90. The molecule has 6 nitrogen and oxygen atoms in total. The Balaban J connectivity index is 3.24. The van der Waals surface area contributed by atoms with Gasteiger partial charge in [0.25, 0.3) is 0 Å². The standard InChI is InChI=1S/C14H22N2O4S/c1-5-6-10(3)14(17)16-11-7-9(2)8-12(13(11)20-4)21(15,18)19/h7-8,10H,5-6H2,1-4H3,(H,16,17)(H2,15,18,19). The molecule has 7 heteroatoms. The maximum absolute atomic E-state index is 12.1. The number of amides is 1. The van der Waals surface area contributed by atoms with Gasteiger partial charge in [-0.1, -0.05) is 20.3 Å². The van der Waals surface area contributed by atoms with Crippen molar-refractivity contribution in [3.05, 3.63) is 17.7 Å². The highest BCUT2D eigenvalue weighted by molar-refractivity contribution is 7.89. The van der Waals surface area contributed by atoms with Gasteiger partial charge >= 0.3 is 0 Å². The number of nitrogens with two attached hydrogens (primary N) is 1. The number of anilines is 1. The highest BCUT2D eigenvalue weighted by Gasteiger charge is 2.21. The minimum Gasteiger partial charge on any atom is -0.493 e. The predicted molar refractivity (Wildman–Crippen MR) is 81.8 cm³/mol. The molecule has 118 valence electrons. The molecule has 1 rings (SSSR count). The topological polar surface area (TPSA) is 98.5 Å². The third kappa shape index (κ3) is 4.44. The lowest BCUT2D eigenvalue weighted by Gasteiger charge is -2.16. The minimum absolute atomic E-state index is 0.0557. The summed E-state index contributed by atoms with van der Waals surface area (Å²) in [6.45, 7) is 5.54. The molecule has 1 unspecified atom stereocenters. The molecule has 21 heavy (non-hydrogen) atoms. The van der Waals surface area contributed by atoms with Gasteiger partial charge in [0.15, 0.2) is 5.75 Å². The lowest BCUT2D eigenvalue weighted by molar-refractivity contribution is -0.119. The molecule has 1 aromatic carbocycles. The van der Waals surface area contributed by atoms with Crippen LogP contribution in [0.4, 0.5) is 5.69 Å². The first kappa shape index (κ1) is 17.5. The molecule has 1 aromatic rings. The second-order valence-electron chi connectivity index (χ2n) is 5.07. The smallest absolute Gasteiger partial charge is 0.241 e. The average Bonchev–Trinajstić information content (AvgIpc) is 2.37. The number of carbonyl (C=O) groups is 1. The summed E-state index contributed by atoms with van der Waals surface area (Å²) in [6.07, 6.45) is 1.64. The van der Waals surface area contributed by atoms with E-state index >= 15 is 0 Å². The van der Waals surface area contributed by atoms with Gasteiger partial charge in [-0.05, 0) is 31.0 Å². The second-order valence-corrected chi connectivity index (χ2v) is 6.60. The molecule has 0 spiro atoms. The molecule has 3 N–H and O–H groups in total. The number of benzene rings is 1. The van der Waals surface area contributed by atoms with Crippen LogP contribution >= 0.6 is 0 Å². The average molecular weight is 314 g/mol. The van der Waals surface area contributed by atoms with Gasteiger partial charge in [-0.2, -0.15) is 0 Å². The Bertz CT molecular complexity index is 626. The number of ether oxygens (including phenoxy) is 1. The van der Waals surface area contributed by atoms with Crippen LogP contribution in [-0.2, 0) is 14.8 Å². The first-order valence-corrected chi connectivity index (χ1v) is 8.27. The van der Waals surface area contributed by atoms with Crippen molar-refractivity contribution < 1.29 is 17.9 Å². The van der Waals surface area contributed by atoms with E-state index in [0.717, 1.165) is 12.8 Å². The van der Waals surface area contributed by atoms with Crippen molar-refractivity contribution in [3.8, 4) is 5.75 Å². The van der Waals surface area contributed by atoms with Crippen molar-refractivity contribution in [3.63, 3.8) is 0 Å². The largest absolute Gasteiger partial charge is 0.493 e. The number of aryl methyl sites for hydroxylation is 1. The van der Waals surface area contributed by atoms with Gasteiger partial charge in [-0.15, -0.1) is 0 Å². The molecule has 0 bridgehead atoms. The van der Waals surface area contributed by atoms with Crippen molar-refractivity contribution in [2.75, 3.05) is 12.4 Å². The van der Waals surface area contributed by atoms with E-state index in [1.165, 1.54) is 13.2 Å². The summed E-state index contributed by atoms with van der Waals surface area (Å²) in [5.74, 6) is -0.292. The molecule has 0 fully saturated rings. The molecule has 0 aliphatic carbocycles. The summed E-state index contributed by atoms with van der Waals surface area (Å²) in [6, 6.07) is 3.07. The third-order valence-electron chi connectivity index (χ3n) is 3.14. The third-order valence-corrected chi connectivity index (χ3v) is 4.05. The maximum Gasteiger partial charge on any atom is 0.241 e. The molecular formula is C14H22N2O4S. The molecular weight excluding hydrogens is 292 g/mol. The number of methoxy groups -OCH3 is 1. The highest BCUT2D eigenvalue weighted by atomic mass is 32.2. The summed E-state index contributed by atoms with van der Waals surface area (Å²) < 4.78 is 28.4. The van der Waals surface area contributed by atoms with Gasteiger partial charge in [0, 0.05) is 5.92 Å². The van der Waals surface area contributed by atoms with E-state index in [-0.39, 0.29) is 22.5 Å². The van der Waals surface area contributed by atoms with Gasteiger partial charge in [-0.25, -0.2) is 13.6 Å². The Labute approximate surface area is 125 Å². The van der Waals surface area contributed by atoms with Crippen LogP contribution in [0.15, 0.2) is 17.0 Å². The quantitative estimate of drug-likeness (QED) is 0.839. The van der Waals surface area contributed by atoms with Crippen molar-refractivity contribution in [1.82, 2.24) is 0 Å². The Kier molecular flexibility index (Phi) is 5.74. The first-order chi connectivity index (χ1) is 9.70. The Morgan fingerprint density at radius 1 is 1.43 bits per heavy atom. The van der Waals surface area contributed by atoms with E-state index in [2.05, 4.69) is 5.32 Å². The lowest BCUT2D eigenvalue weighted by atomic mass is 10.1. The van der Waals surface area contributed by atoms with Crippen molar-refractivity contribution in [2.45, 2.75) is 38.5 Å². The Hall–Kier alpha value is -1.60. The maximum atomic E-state index is 12.1. The van der Waals surface area contributed by atoms with Gasteiger partial charge in [0.2, 0.25) is 15.9 Å². The van der Waals surface area contributed by atoms with E-state index in [4.69, 9.17) is 9.88 Å². The molecule has 1 amide bonds. The predicted octanol–water partition coefficient (Wildman–Crippen LogP) is 2.03. The van der Waals surface area contributed by atoms with Crippen molar-refractivity contribution in [2.24, 2.45) is 11.1 Å². The van der Waals surface area contributed by atoms with Gasteiger partial charge in [-0.3, -0.25) is 4.79 Å². The Morgan fingerprint density at radius 3 is 2.52 bits per heavy atom. The molecule has 0 aliphatic heterocycles. The highest BCUT2D eigenvalue weighted by Crippen LogP contribution is 2.33. The number of nitrogens with one attached hydrogen (secondary N) is 1. The number of carbonyl (C=O) groups excluding carboxylic acids is 1. The number of hydrogen-bond donors (Lipinski definition) is 2. The zero-order valence-corrected chi connectivity index (χ0v) is 13.6. The minimum atomic E-state index is -3.93. The first-order valence-electron chi connectivity index (χ1n) is 6.73. The van der Waals surface area contributed by atoms with E-state index in [9.17, 15) is 13.2 Å². The van der Waals surface area contributed by atoms with Crippen LogP contribution in [0.1, 0.15) is 32.3 Å². The summed E-state index contributed by atoms with van der Waals surface area (Å²) in [5.41, 5.74) is 0.979. The van der Waals surface area contributed by atoms with Crippen LogP contribution in [0.25, 0.3) is 0 Å². The van der Waals surface area contributed by atoms with Gasteiger partial charge < -0.3 is 10.1 Å². The fourth-order valence-corrected chi connectivity index (χ4v) is 2.88. The van der Waals surface area contributed by atoms with Crippen LogP contribution in [-0.4, -0.2) is 21.4 Å². The molecule has 0 heterocycles. The number of sulfonamides is 1. The van der Waals surface area contributed by atoms with Crippen LogP contribution in [0.2, 0.25) is 0 Å². The molecule has 1 atom stereocenters. The molecule has 0 radical (unpaired) electrons. The van der Waals surface area contributed by atoms with Gasteiger partial charge in [0.1, 0.15) is 4.90 Å². The van der Waals surface area contributed by atoms with E-state index in [1.807, 2.05) is 13.8 Å². The molecule has 0 aromatic heterocycles. The lowest BCUT2D eigenvalue weighted by Crippen LogP contribution is -2.21. The second kappa shape index (κ2) is 6.91. The fraction of sp³-hybridized carbons (Fsp3) is 0.500. The summed E-state index contributed by atoms with van der Waals surface area (Å²) in [7, 11) is -2.60. The normalized spacial score (nSPS) is 12.8. The van der Waals surface area contributed by atoms with Crippen molar-refractivity contribution >= 4 is 21.6 Å². The van der Waals surface area contributed by atoms with E-state index < -0.39 is 10.0 Å². The summed E-state index contributed by atoms with van der Waals surface area (Å²) in [4.78, 5) is 12.0. The fourth-order valence-electron chi connectivity index (χ4n) is 2.07. The Morgan fingerprint density at radius 2 is 2.05 bits per heavy atom. The zero-order valence-electron chi connectivity index (χ0n) is 12.8. The summed E-state index contributed by atoms with van der Waals surface area (Å²) >= 11 is 0. The van der Waals surface area contributed by atoms with Crippen LogP contribution in [0, 0.1) is 12.8 Å². The van der Waals surface area contributed by atoms with Crippen LogP contribution < -0.4 is 15.2 Å². The number of rotatable bonds is 6. The van der Waals surface area contributed by atoms with E-state index in [1.54, 1.807) is 13.0 Å². The van der Waals surface area contributed by atoms with Gasteiger partial charge in [0.05, 0.1) is 12.8 Å². The zero-order chi connectivity index (χ0) is 16.2. The SMILES string of the molecule is CCCC(C)C(=O)Nc1cc(C)cc(S(N)(=O)=O)c1OC. The molecule has 0 aliphatic rings. The number of hydrogen-bond acceptors (Lipinski definition) is 4. The van der Waals surface area contributed by atoms with Crippen LogP contribution in [0.5, 0.6) is 5.75 Å². The van der Waals surface area contributed by atoms with E-state index in [0.29, 0.717) is 11.3 Å². The van der Waals surface area contributed by atoms with Crippen molar-refractivity contribution in [1.29, 1.82) is 0 Å².